The Morgan fingerprint density at radius 3 is 2.42 bits per heavy atom. The van der Waals surface area contributed by atoms with Gasteiger partial charge >= 0.3 is 5.97 Å². The van der Waals surface area contributed by atoms with Crippen molar-refractivity contribution in [2.24, 2.45) is 5.92 Å². The zero-order valence-corrected chi connectivity index (χ0v) is 14.7. The quantitative estimate of drug-likeness (QED) is 0.880. The Balaban J connectivity index is 2.29. The van der Waals surface area contributed by atoms with Gasteiger partial charge in [-0.15, -0.1) is 0 Å². The van der Waals surface area contributed by atoms with Crippen molar-refractivity contribution < 1.29 is 14.7 Å². The molecule has 0 spiro atoms. The molecule has 2 N–H and O–H groups in total. The van der Waals surface area contributed by atoms with Crippen LogP contribution >= 0.6 is 0 Å². The number of amides is 1. The summed E-state index contributed by atoms with van der Waals surface area (Å²) in [6.45, 7) is 10.3. The molecule has 6 heteroatoms. The van der Waals surface area contributed by atoms with E-state index in [1.54, 1.807) is 19.2 Å². The summed E-state index contributed by atoms with van der Waals surface area (Å²) in [5, 5.41) is 16.3. The summed E-state index contributed by atoms with van der Waals surface area (Å²) < 4.78 is 1.81. The van der Waals surface area contributed by atoms with E-state index in [1.165, 1.54) is 6.07 Å². The molecule has 0 saturated carbocycles. The summed E-state index contributed by atoms with van der Waals surface area (Å²) in [4.78, 5) is 23.8. The maximum Gasteiger partial charge on any atom is 0.336 e. The maximum atomic E-state index is 12.5. The Labute approximate surface area is 141 Å². The van der Waals surface area contributed by atoms with E-state index in [-0.39, 0.29) is 11.5 Å². The Hall–Kier alpha value is -2.63. The lowest BCUT2D eigenvalue weighted by Gasteiger charge is -2.12. The number of benzene rings is 1. The molecule has 2 aromatic rings. The lowest BCUT2D eigenvalue weighted by Crippen LogP contribution is -2.15. The van der Waals surface area contributed by atoms with Crippen molar-refractivity contribution >= 4 is 17.6 Å². The number of rotatable bonds is 5. The standard InChI is InChI=1S/C18H23N3O3/c1-10(2)9-21-13(5)15(8-19-21)17(22)20-16-7-14(18(23)24)11(3)6-12(16)4/h6-8,10H,9H2,1-5H3,(H,20,22)(H,23,24). The monoisotopic (exact) mass is 329 g/mol. The van der Waals surface area contributed by atoms with Crippen LogP contribution in [0.2, 0.25) is 0 Å². The zero-order chi connectivity index (χ0) is 18.0. The fourth-order valence-corrected chi connectivity index (χ4v) is 2.61. The molecule has 24 heavy (non-hydrogen) atoms. The van der Waals surface area contributed by atoms with Crippen molar-refractivity contribution in [3.8, 4) is 0 Å². The molecule has 0 radical (unpaired) electrons. The predicted molar refractivity (Wildman–Crippen MR) is 92.6 cm³/mol. The average molecular weight is 329 g/mol. The number of aromatic carboxylic acids is 1. The van der Waals surface area contributed by atoms with Crippen LogP contribution in [0.3, 0.4) is 0 Å². The van der Waals surface area contributed by atoms with Crippen LogP contribution in [0.15, 0.2) is 18.3 Å². The lowest BCUT2D eigenvalue weighted by atomic mass is 10.0. The zero-order valence-electron chi connectivity index (χ0n) is 14.7. The van der Waals surface area contributed by atoms with E-state index in [0.717, 1.165) is 17.8 Å². The van der Waals surface area contributed by atoms with Crippen LogP contribution in [-0.4, -0.2) is 26.8 Å². The maximum absolute atomic E-state index is 12.5. The third-order valence-corrected chi connectivity index (χ3v) is 3.94. The summed E-state index contributed by atoms with van der Waals surface area (Å²) in [5.74, 6) is -0.869. The highest BCUT2D eigenvalue weighted by molar-refractivity contribution is 6.06. The van der Waals surface area contributed by atoms with E-state index in [9.17, 15) is 14.7 Å². The summed E-state index contributed by atoms with van der Waals surface area (Å²) in [6.07, 6.45) is 1.55. The van der Waals surface area contributed by atoms with Gasteiger partial charge in [0.05, 0.1) is 17.3 Å². The van der Waals surface area contributed by atoms with Crippen LogP contribution < -0.4 is 5.32 Å². The topological polar surface area (TPSA) is 84.2 Å². The molecule has 0 aliphatic rings. The van der Waals surface area contributed by atoms with Crippen LogP contribution in [0, 0.1) is 26.7 Å². The van der Waals surface area contributed by atoms with E-state index in [0.29, 0.717) is 22.7 Å². The van der Waals surface area contributed by atoms with E-state index in [4.69, 9.17) is 0 Å². The number of aryl methyl sites for hydroxylation is 2. The second kappa shape index (κ2) is 6.86. The normalized spacial score (nSPS) is 10.9. The van der Waals surface area contributed by atoms with Gasteiger partial charge in [-0.05, 0) is 43.9 Å². The van der Waals surface area contributed by atoms with E-state index < -0.39 is 5.97 Å². The number of anilines is 1. The summed E-state index contributed by atoms with van der Waals surface area (Å²) in [6, 6.07) is 3.26. The number of hydrogen-bond donors (Lipinski definition) is 2. The molecule has 0 bridgehead atoms. The van der Waals surface area contributed by atoms with Gasteiger partial charge in [-0.1, -0.05) is 19.9 Å². The fourth-order valence-electron chi connectivity index (χ4n) is 2.61. The molecule has 1 heterocycles. The Kier molecular flexibility index (Phi) is 5.07. The molecule has 0 aliphatic heterocycles. The number of aromatic nitrogens is 2. The summed E-state index contributed by atoms with van der Waals surface area (Å²) >= 11 is 0. The third-order valence-electron chi connectivity index (χ3n) is 3.94. The first-order chi connectivity index (χ1) is 11.2. The van der Waals surface area contributed by atoms with Crippen LogP contribution in [0.5, 0.6) is 0 Å². The molecule has 1 aromatic heterocycles. The second-order valence-electron chi connectivity index (χ2n) is 6.46. The van der Waals surface area contributed by atoms with Gasteiger partial charge in [0, 0.05) is 17.9 Å². The summed E-state index contributed by atoms with van der Waals surface area (Å²) in [7, 11) is 0. The first kappa shape index (κ1) is 17.7. The first-order valence-electron chi connectivity index (χ1n) is 7.89. The van der Waals surface area contributed by atoms with Gasteiger partial charge in [0.15, 0.2) is 0 Å². The summed E-state index contributed by atoms with van der Waals surface area (Å²) in [5.41, 5.74) is 3.45. The molecule has 0 atom stereocenters. The number of carboxylic acid groups (broad SMARTS) is 1. The van der Waals surface area contributed by atoms with Gasteiger partial charge in [-0.25, -0.2) is 4.79 Å². The highest BCUT2D eigenvalue weighted by Gasteiger charge is 2.17. The van der Waals surface area contributed by atoms with Crippen molar-refractivity contribution in [3.63, 3.8) is 0 Å². The molecule has 1 amide bonds. The third kappa shape index (κ3) is 3.64. The Bertz CT molecular complexity index is 791. The highest BCUT2D eigenvalue weighted by atomic mass is 16.4. The molecular formula is C18H23N3O3. The van der Waals surface area contributed by atoms with Gasteiger partial charge in [-0.2, -0.15) is 5.10 Å². The SMILES string of the molecule is Cc1cc(C)c(C(=O)O)cc1NC(=O)c1cnn(CC(C)C)c1C. The van der Waals surface area contributed by atoms with Crippen LogP contribution in [-0.2, 0) is 6.54 Å². The molecule has 0 unspecified atom stereocenters. The Morgan fingerprint density at radius 2 is 1.83 bits per heavy atom. The predicted octanol–water partition coefficient (Wildman–Crippen LogP) is 3.41. The molecular weight excluding hydrogens is 306 g/mol. The van der Waals surface area contributed by atoms with Gasteiger partial charge in [0.25, 0.3) is 5.91 Å². The molecule has 0 fully saturated rings. The number of nitrogens with one attached hydrogen (secondary N) is 1. The highest BCUT2D eigenvalue weighted by Crippen LogP contribution is 2.22. The largest absolute Gasteiger partial charge is 0.478 e. The van der Waals surface area contributed by atoms with Crippen molar-refractivity contribution in [1.82, 2.24) is 9.78 Å². The first-order valence-corrected chi connectivity index (χ1v) is 7.89. The minimum atomic E-state index is -1.01. The molecule has 6 nitrogen and oxygen atoms in total. The molecule has 2 rings (SSSR count). The minimum Gasteiger partial charge on any atom is -0.478 e. The van der Waals surface area contributed by atoms with Gasteiger partial charge in [-0.3, -0.25) is 9.48 Å². The Morgan fingerprint density at radius 1 is 1.17 bits per heavy atom. The number of carbonyl (C=O) groups excluding carboxylic acids is 1. The van der Waals surface area contributed by atoms with Crippen molar-refractivity contribution in [2.45, 2.75) is 41.2 Å². The number of nitrogens with zero attached hydrogens (tertiary/aromatic N) is 2. The van der Waals surface area contributed by atoms with Gasteiger partial charge in [0.1, 0.15) is 0 Å². The van der Waals surface area contributed by atoms with Crippen molar-refractivity contribution in [1.29, 1.82) is 0 Å². The van der Waals surface area contributed by atoms with E-state index >= 15 is 0 Å². The lowest BCUT2D eigenvalue weighted by molar-refractivity contribution is 0.0695. The molecule has 128 valence electrons. The fraction of sp³-hybridized carbons (Fsp3) is 0.389. The smallest absolute Gasteiger partial charge is 0.336 e. The van der Waals surface area contributed by atoms with Crippen LogP contribution in [0.4, 0.5) is 5.69 Å². The number of carboxylic acids is 1. The van der Waals surface area contributed by atoms with Gasteiger partial charge < -0.3 is 10.4 Å². The second-order valence-corrected chi connectivity index (χ2v) is 6.46. The van der Waals surface area contributed by atoms with Crippen molar-refractivity contribution in [2.75, 3.05) is 5.32 Å². The molecule has 1 aromatic carbocycles. The van der Waals surface area contributed by atoms with Crippen LogP contribution in [0.25, 0.3) is 0 Å². The van der Waals surface area contributed by atoms with Gasteiger partial charge in [0.2, 0.25) is 0 Å². The van der Waals surface area contributed by atoms with E-state index in [2.05, 4.69) is 24.3 Å². The van der Waals surface area contributed by atoms with E-state index in [1.807, 2.05) is 18.5 Å². The minimum absolute atomic E-state index is 0.183. The molecule has 0 aliphatic carbocycles. The average Bonchev–Trinajstić information content (AvgIpc) is 2.82. The van der Waals surface area contributed by atoms with Crippen molar-refractivity contribution in [3.05, 3.63) is 46.3 Å². The number of carbonyl (C=O) groups is 2. The molecule has 0 saturated heterocycles. The number of hydrogen-bond acceptors (Lipinski definition) is 3. The van der Waals surface area contributed by atoms with Crippen LogP contribution in [0.1, 0.15) is 51.4 Å².